The number of rotatable bonds is 9. The van der Waals surface area contributed by atoms with Crippen LogP contribution in [-0.2, 0) is 28.8 Å². The minimum absolute atomic E-state index is 0. The molecule has 0 spiro atoms. The van der Waals surface area contributed by atoms with E-state index in [2.05, 4.69) is 0 Å². The Morgan fingerprint density at radius 2 is 0.406 bits per heavy atom. The zero-order chi connectivity index (χ0) is 24.9. The van der Waals surface area contributed by atoms with E-state index in [-0.39, 0.29) is 16.8 Å². The second kappa shape index (κ2) is 18.5. The Kier molecular flexibility index (Phi) is 22.6. The van der Waals surface area contributed by atoms with Crippen LogP contribution in [-0.4, -0.2) is 120 Å². The van der Waals surface area contributed by atoms with Gasteiger partial charge in [-0.1, -0.05) is 0 Å². The van der Waals surface area contributed by atoms with Crippen LogP contribution in [0, 0.1) is 0 Å². The third-order valence-corrected chi connectivity index (χ3v) is 2.35. The molecule has 0 saturated heterocycles. The van der Waals surface area contributed by atoms with E-state index < -0.39 is 72.4 Å². The summed E-state index contributed by atoms with van der Waals surface area (Å²) in [6.45, 7) is 0. The van der Waals surface area contributed by atoms with Crippen LogP contribution in [0.2, 0.25) is 0 Å². The number of aliphatic carboxylic acids is 6. The molecule has 0 bridgehead atoms. The number of carbonyl (C=O) groups excluding carboxylic acids is 6. The minimum atomic E-state index is -2.44. The molecule has 6 N–H and O–H groups in total. The van der Waals surface area contributed by atoms with Crippen molar-refractivity contribution in [2.24, 2.45) is 0 Å². The molecule has 20 heteroatoms. The number of aliphatic hydroxyl groups is 6. The van der Waals surface area contributed by atoms with Crippen molar-refractivity contribution >= 4 is 52.6 Å². The van der Waals surface area contributed by atoms with Crippen molar-refractivity contribution in [3.63, 3.8) is 0 Å². The average molecular weight is 466 g/mol. The summed E-state index contributed by atoms with van der Waals surface area (Å²) in [6, 6.07) is 0. The summed E-state index contributed by atoms with van der Waals surface area (Å²) in [5.41, 5.74) is 0. The normalized spacial score (nSPS) is 14.8. The van der Waals surface area contributed by atoms with Gasteiger partial charge in [0.25, 0.3) is 0 Å². The number of carboxylic acid groups (broad SMARTS) is 6. The van der Waals surface area contributed by atoms with Crippen LogP contribution in [0.25, 0.3) is 0 Å². The van der Waals surface area contributed by atoms with Gasteiger partial charge < -0.3 is 90.0 Å². The maximum absolute atomic E-state index is 9.63. The van der Waals surface area contributed by atoms with E-state index >= 15 is 0 Å². The van der Waals surface area contributed by atoms with E-state index in [9.17, 15) is 59.4 Å². The fourth-order valence-electron chi connectivity index (χ4n) is 0.773. The van der Waals surface area contributed by atoms with Crippen LogP contribution >= 0.6 is 0 Å². The first-order valence-corrected chi connectivity index (χ1v) is 6.73. The summed E-state index contributed by atoms with van der Waals surface area (Å²) >= 11 is 0. The van der Waals surface area contributed by atoms with Crippen LogP contribution in [0.1, 0.15) is 0 Å². The zero-order valence-corrected chi connectivity index (χ0v) is 15.2. The molecule has 0 radical (unpaired) electrons. The molecule has 174 valence electrons. The Morgan fingerprint density at radius 3 is 0.438 bits per heavy atom. The Hall–Kier alpha value is -3.29. The Labute approximate surface area is 180 Å². The molecule has 0 aliphatic carbocycles. The van der Waals surface area contributed by atoms with Crippen molar-refractivity contribution in [2.45, 2.75) is 36.6 Å². The molecule has 0 aromatic heterocycles. The summed E-state index contributed by atoms with van der Waals surface area (Å²) in [5.74, 6) is -12.4. The molecule has 0 aromatic rings. The molecule has 0 heterocycles. The predicted octanol–water partition coefficient (Wildman–Crippen LogP) is -15.1. The van der Waals surface area contributed by atoms with E-state index in [1.165, 1.54) is 0 Å². The van der Waals surface area contributed by atoms with Gasteiger partial charge in [0.15, 0.2) is 0 Å². The first-order valence-electron chi connectivity index (χ1n) is 6.73. The van der Waals surface area contributed by atoms with Crippen LogP contribution in [0.4, 0.5) is 0 Å². The molecule has 0 fully saturated rings. The van der Waals surface area contributed by atoms with Crippen molar-refractivity contribution in [3.05, 3.63) is 0 Å². The van der Waals surface area contributed by atoms with Gasteiger partial charge in [0.2, 0.25) is 0 Å². The smallest absolute Gasteiger partial charge is 0.547 e. The van der Waals surface area contributed by atoms with Gasteiger partial charge in [0, 0.05) is 0 Å². The first-order chi connectivity index (χ1) is 13.4. The van der Waals surface area contributed by atoms with Crippen molar-refractivity contribution in [1.29, 1.82) is 0 Å². The largest absolute Gasteiger partial charge is 3.00 e. The number of hydrogen-bond donors (Lipinski definition) is 6. The van der Waals surface area contributed by atoms with Gasteiger partial charge in [-0.2, -0.15) is 0 Å². The van der Waals surface area contributed by atoms with Gasteiger partial charge >= 0.3 is 16.8 Å². The summed E-state index contributed by atoms with van der Waals surface area (Å²) < 4.78 is 0. The monoisotopic (exact) mass is 466 g/mol. The van der Waals surface area contributed by atoms with Gasteiger partial charge in [-0.15, -0.1) is 0 Å². The summed E-state index contributed by atoms with van der Waals surface area (Å²) in [7, 11) is 0. The van der Waals surface area contributed by atoms with Gasteiger partial charge in [0.05, 0.1) is 35.8 Å². The van der Waals surface area contributed by atoms with Crippen LogP contribution in [0.15, 0.2) is 0 Å². The molecule has 6 unspecified atom stereocenters. The molecule has 0 aromatic carbocycles. The summed E-state index contributed by atoms with van der Waals surface area (Å²) in [5, 5.41) is 107. The fraction of sp³-hybridized carbons (Fsp3) is 0.500. The zero-order valence-electron chi connectivity index (χ0n) is 15.2. The van der Waals surface area contributed by atoms with Crippen molar-refractivity contribution in [3.8, 4) is 0 Å². The van der Waals surface area contributed by atoms with Gasteiger partial charge in [-0.25, -0.2) is 0 Å². The molecule has 0 saturated carbocycles. The Bertz CT molecular complexity index is 498. The number of carboxylic acids is 6. The third-order valence-electron chi connectivity index (χ3n) is 2.35. The first kappa shape index (κ1) is 39.2. The quantitative estimate of drug-likeness (QED) is 0.172. The molecule has 32 heavy (non-hydrogen) atoms. The predicted molar refractivity (Wildman–Crippen MR) is 77.6 cm³/mol. The van der Waals surface area contributed by atoms with Crippen molar-refractivity contribution < 1.29 is 90.0 Å². The third kappa shape index (κ3) is 16.5. The Morgan fingerprint density at radius 1 is 0.344 bits per heavy atom. The standard InChI is InChI=1S/3C4H6O6.2B/c3*5-1(3(7)8)2(6)4(9)10;;/h3*1-2,5-6H,(H,7,8)(H,9,10);;/q;;;2*+3/p-6. The van der Waals surface area contributed by atoms with Crippen LogP contribution in [0.5, 0.6) is 0 Å². The van der Waals surface area contributed by atoms with Crippen LogP contribution in [0.3, 0.4) is 0 Å². The second-order valence-corrected chi connectivity index (χ2v) is 4.58. The number of hydrogen-bond acceptors (Lipinski definition) is 18. The minimum Gasteiger partial charge on any atom is -0.547 e. The number of aliphatic hydroxyl groups excluding tert-OH is 6. The van der Waals surface area contributed by atoms with Crippen molar-refractivity contribution in [2.75, 3.05) is 0 Å². The van der Waals surface area contributed by atoms with E-state index in [0.29, 0.717) is 0 Å². The number of carbonyl (C=O) groups is 6. The average Bonchev–Trinajstić information content (AvgIpc) is 2.64. The maximum Gasteiger partial charge on any atom is 3.00 e. The van der Waals surface area contributed by atoms with Gasteiger partial charge in [-0.3, -0.25) is 0 Å². The van der Waals surface area contributed by atoms with Gasteiger partial charge in [0.1, 0.15) is 36.6 Å². The van der Waals surface area contributed by atoms with Crippen LogP contribution < -0.4 is 30.6 Å². The second-order valence-electron chi connectivity index (χ2n) is 4.58. The molecule has 0 aliphatic heterocycles. The van der Waals surface area contributed by atoms with Gasteiger partial charge in [-0.05, 0) is 0 Å². The van der Waals surface area contributed by atoms with Crippen molar-refractivity contribution in [1.82, 2.24) is 0 Å². The van der Waals surface area contributed by atoms with E-state index in [1.54, 1.807) is 0 Å². The SMILES string of the molecule is O=C([O-])C(O)C(O)C(=O)[O-].O=C([O-])C(O)C(O)C(=O)[O-].O=C([O-])C(O)C(O)C(=O)[O-].[B+3].[B+3]. The molecular formula is C12H12B2O18. The summed E-state index contributed by atoms with van der Waals surface area (Å²) in [6.07, 6.45) is -14.6. The van der Waals surface area contributed by atoms with E-state index in [1.807, 2.05) is 0 Å². The molecule has 18 nitrogen and oxygen atoms in total. The maximum atomic E-state index is 9.63. The van der Waals surface area contributed by atoms with E-state index in [4.69, 9.17) is 30.6 Å². The fourth-order valence-corrected chi connectivity index (χ4v) is 0.773. The molecule has 0 amide bonds. The molecule has 6 atom stereocenters. The molecular weight excluding hydrogens is 454 g/mol. The van der Waals surface area contributed by atoms with E-state index in [0.717, 1.165) is 0 Å². The molecule has 0 aliphatic rings. The summed E-state index contributed by atoms with van der Waals surface area (Å²) in [4.78, 5) is 57.8. The topological polar surface area (TPSA) is 362 Å². The Balaban J connectivity index is -0.000000110. The molecule has 0 rings (SSSR count).